The van der Waals surface area contributed by atoms with Gasteiger partial charge in [-0.05, 0) is 30.0 Å². The van der Waals surface area contributed by atoms with Crippen LogP contribution in [0.25, 0.3) is 0 Å². The fraction of sp³-hybridized carbons (Fsp3) is 0.440. The number of benzene rings is 1. The molecule has 1 aromatic heterocycles. The summed E-state index contributed by atoms with van der Waals surface area (Å²) < 4.78 is 41.4. The molecule has 2 atom stereocenters. The second kappa shape index (κ2) is 8.98. The molecule has 10 heteroatoms. The van der Waals surface area contributed by atoms with Gasteiger partial charge in [0.15, 0.2) is 5.96 Å². The highest BCUT2D eigenvalue weighted by Gasteiger charge is 2.41. The van der Waals surface area contributed by atoms with Crippen molar-refractivity contribution in [3.63, 3.8) is 0 Å². The lowest BCUT2D eigenvalue weighted by Gasteiger charge is -2.37. The van der Waals surface area contributed by atoms with Crippen LogP contribution in [0.4, 0.5) is 19.0 Å². The molecule has 0 radical (unpaired) electrons. The number of amides is 2. The van der Waals surface area contributed by atoms with Crippen LogP contribution in [-0.4, -0.2) is 39.7 Å². The van der Waals surface area contributed by atoms with E-state index in [9.17, 15) is 22.8 Å². The summed E-state index contributed by atoms with van der Waals surface area (Å²) in [5.41, 5.74) is 5.13. The molecule has 0 aliphatic carbocycles. The first-order valence-electron chi connectivity index (χ1n) is 11.5. The van der Waals surface area contributed by atoms with Crippen LogP contribution in [0.3, 0.4) is 0 Å². The van der Waals surface area contributed by atoms with Crippen LogP contribution in [0.1, 0.15) is 56.2 Å². The molecule has 1 aromatic carbocycles. The molecule has 186 valence electrons. The van der Waals surface area contributed by atoms with Crippen LogP contribution >= 0.6 is 0 Å². The van der Waals surface area contributed by atoms with Gasteiger partial charge in [-0.1, -0.05) is 44.2 Å². The Bertz CT molecular complexity index is 1170. The molecular weight excluding hydrogens is 459 g/mol. The molecule has 2 unspecified atom stereocenters. The van der Waals surface area contributed by atoms with Gasteiger partial charge in [-0.3, -0.25) is 19.4 Å². The molecule has 7 nitrogen and oxygen atoms in total. The standard InChI is InChI=1S/C25H28F3N5O2/c1-15(2)24(3)11-22(35)33(23(29)31-24)14-18-9-20(30-12-19(18)25(26,27)28)32-13-17(10-21(32)34)16-7-5-4-6-8-16/h4-9,12,15,17H,10-11,13-14H2,1-3H3,(H2,29,31). The van der Waals surface area contributed by atoms with E-state index in [0.29, 0.717) is 12.7 Å². The molecular formula is C25H28F3N5O2. The second-order valence-electron chi connectivity index (χ2n) is 9.65. The third kappa shape index (κ3) is 4.87. The van der Waals surface area contributed by atoms with Gasteiger partial charge in [-0.15, -0.1) is 0 Å². The summed E-state index contributed by atoms with van der Waals surface area (Å²) in [6.45, 7) is 5.50. The number of hydrogen-bond donors (Lipinski definition) is 1. The lowest BCUT2D eigenvalue weighted by atomic mass is 9.84. The molecule has 0 spiro atoms. The molecule has 0 saturated carbocycles. The molecule has 1 saturated heterocycles. The summed E-state index contributed by atoms with van der Waals surface area (Å²) in [7, 11) is 0. The van der Waals surface area contributed by atoms with Crippen molar-refractivity contribution in [2.45, 2.75) is 57.8 Å². The molecule has 4 rings (SSSR count). The average molecular weight is 488 g/mol. The zero-order valence-corrected chi connectivity index (χ0v) is 19.8. The maximum absolute atomic E-state index is 13.8. The maximum Gasteiger partial charge on any atom is 0.418 e. The van der Waals surface area contributed by atoms with Crippen molar-refractivity contribution in [2.75, 3.05) is 11.4 Å². The van der Waals surface area contributed by atoms with Crippen LogP contribution in [-0.2, 0) is 22.3 Å². The third-order valence-electron chi connectivity index (χ3n) is 6.98. The fourth-order valence-corrected chi connectivity index (χ4v) is 4.46. The number of anilines is 1. The van der Waals surface area contributed by atoms with Crippen LogP contribution < -0.4 is 10.6 Å². The Morgan fingerprint density at radius 1 is 1.17 bits per heavy atom. The monoisotopic (exact) mass is 487 g/mol. The van der Waals surface area contributed by atoms with E-state index in [2.05, 4.69) is 9.98 Å². The van der Waals surface area contributed by atoms with Gasteiger partial charge in [0.1, 0.15) is 5.82 Å². The third-order valence-corrected chi connectivity index (χ3v) is 6.98. The van der Waals surface area contributed by atoms with E-state index in [-0.39, 0.29) is 47.9 Å². The molecule has 2 aliphatic heterocycles. The Morgan fingerprint density at radius 3 is 2.46 bits per heavy atom. The van der Waals surface area contributed by atoms with Crippen LogP contribution in [0.15, 0.2) is 47.6 Å². The number of hydrogen-bond acceptors (Lipinski definition) is 5. The highest BCUT2D eigenvalue weighted by Crippen LogP contribution is 2.37. The molecule has 2 aromatic rings. The number of alkyl halides is 3. The Balaban J connectivity index is 1.66. The largest absolute Gasteiger partial charge is 0.418 e. The highest BCUT2D eigenvalue weighted by atomic mass is 19.4. The first-order chi connectivity index (χ1) is 16.4. The van der Waals surface area contributed by atoms with Gasteiger partial charge >= 0.3 is 6.18 Å². The number of aliphatic imine (C=N–C) groups is 1. The molecule has 2 amide bonds. The minimum atomic E-state index is -4.69. The number of guanidine groups is 1. The number of rotatable bonds is 5. The van der Waals surface area contributed by atoms with Gasteiger partial charge in [0.25, 0.3) is 0 Å². The van der Waals surface area contributed by atoms with E-state index in [4.69, 9.17) is 5.73 Å². The predicted molar refractivity (Wildman–Crippen MR) is 125 cm³/mol. The summed E-state index contributed by atoms with van der Waals surface area (Å²) in [4.78, 5) is 36.5. The van der Waals surface area contributed by atoms with Crippen molar-refractivity contribution in [2.24, 2.45) is 16.6 Å². The van der Waals surface area contributed by atoms with Crippen molar-refractivity contribution in [1.29, 1.82) is 0 Å². The van der Waals surface area contributed by atoms with Gasteiger partial charge in [0.2, 0.25) is 11.8 Å². The molecule has 1 fully saturated rings. The van der Waals surface area contributed by atoms with Gasteiger partial charge in [0, 0.05) is 25.1 Å². The number of aromatic nitrogens is 1. The lowest BCUT2D eigenvalue weighted by Crippen LogP contribution is -2.51. The summed E-state index contributed by atoms with van der Waals surface area (Å²) in [5, 5.41) is 0. The van der Waals surface area contributed by atoms with E-state index in [1.165, 1.54) is 11.0 Å². The van der Waals surface area contributed by atoms with Crippen molar-refractivity contribution < 1.29 is 22.8 Å². The second-order valence-corrected chi connectivity index (χ2v) is 9.65. The van der Waals surface area contributed by atoms with E-state index in [1.54, 1.807) is 6.92 Å². The van der Waals surface area contributed by atoms with Gasteiger partial charge < -0.3 is 5.73 Å². The number of pyridine rings is 1. The smallest absolute Gasteiger partial charge is 0.369 e. The molecule has 2 N–H and O–H groups in total. The van der Waals surface area contributed by atoms with E-state index in [0.717, 1.165) is 10.5 Å². The van der Waals surface area contributed by atoms with E-state index >= 15 is 0 Å². The van der Waals surface area contributed by atoms with Crippen molar-refractivity contribution in [3.05, 3.63) is 59.3 Å². The number of halogens is 3. The first-order valence-corrected chi connectivity index (χ1v) is 11.5. The summed E-state index contributed by atoms with van der Waals surface area (Å²) >= 11 is 0. The molecule has 3 heterocycles. The van der Waals surface area contributed by atoms with Gasteiger partial charge in [-0.2, -0.15) is 13.2 Å². The predicted octanol–water partition coefficient (Wildman–Crippen LogP) is 4.08. The van der Waals surface area contributed by atoms with Crippen LogP contribution in [0.2, 0.25) is 0 Å². The van der Waals surface area contributed by atoms with Crippen LogP contribution in [0.5, 0.6) is 0 Å². The zero-order valence-electron chi connectivity index (χ0n) is 19.8. The van der Waals surface area contributed by atoms with Gasteiger partial charge in [0.05, 0.1) is 24.1 Å². The van der Waals surface area contributed by atoms with Crippen molar-refractivity contribution >= 4 is 23.6 Å². The zero-order chi connectivity index (χ0) is 25.5. The number of carbonyl (C=O) groups is 2. The summed E-state index contributed by atoms with van der Waals surface area (Å²) in [5.74, 6) is -0.698. The summed E-state index contributed by atoms with van der Waals surface area (Å²) in [6.07, 6.45) is -3.71. The minimum Gasteiger partial charge on any atom is -0.369 e. The Morgan fingerprint density at radius 2 is 1.86 bits per heavy atom. The lowest BCUT2D eigenvalue weighted by molar-refractivity contribution is -0.139. The molecule has 2 aliphatic rings. The minimum absolute atomic E-state index is 0.0177. The topological polar surface area (TPSA) is 91.9 Å². The van der Waals surface area contributed by atoms with Crippen LogP contribution in [0, 0.1) is 5.92 Å². The highest BCUT2D eigenvalue weighted by molar-refractivity contribution is 5.99. The maximum atomic E-state index is 13.8. The van der Waals surface area contributed by atoms with Crippen molar-refractivity contribution in [3.8, 4) is 0 Å². The Hall–Kier alpha value is -3.43. The quantitative estimate of drug-likeness (QED) is 0.688. The van der Waals surface area contributed by atoms with Crippen molar-refractivity contribution in [1.82, 2.24) is 9.88 Å². The summed E-state index contributed by atoms with van der Waals surface area (Å²) in [6, 6.07) is 10.7. The number of nitrogens with zero attached hydrogens (tertiary/aromatic N) is 4. The molecule has 0 bridgehead atoms. The Kier molecular flexibility index (Phi) is 6.33. The molecule has 35 heavy (non-hydrogen) atoms. The van der Waals surface area contributed by atoms with E-state index in [1.807, 2.05) is 44.2 Å². The normalized spacial score (nSPS) is 23.3. The SMILES string of the molecule is CC(C)C1(C)CC(=O)N(Cc2cc(N3CC(c4ccccc4)CC3=O)ncc2C(F)(F)F)C(N)=N1. The number of nitrogens with two attached hydrogens (primary N) is 1. The average Bonchev–Trinajstić information content (AvgIpc) is 3.17. The Labute approximate surface area is 201 Å². The van der Waals surface area contributed by atoms with Gasteiger partial charge in [-0.25, -0.2) is 9.98 Å². The fourth-order valence-electron chi connectivity index (χ4n) is 4.46. The number of carbonyl (C=O) groups excluding carboxylic acids is 2. The van der Waals surface area contributed by atoms with E-state index < -0.39 is 29.7 Å². The first kappa shape index (κ1) is 24.7.